The van der Waals surface area contributed by atoms with Gasteiger partial charge in [0.05, 0.1) is 46.2 Å². The van der Waals surface area contributed by atoms with Gasteiger partial charge in [0.25, 0.3) is 5.91 Å². The predicted octanol–water partition coefficient (Wildman–Crippen LogP) is 4.08. The molecule has 2 atom stereocenters. The standard InChI is InChI=1S/C28H27F2N5O4S/c1-17-14-35(15-18(2)39-17)27-10-21(30)9-26(34-27)24-7-6-20-12-31-22(11-25(20)33-24)13-32-28(36)19-4-3-5-23(8-19)40(37,38)16-29/h3-12,17-18H,13-16H2,1-2H3,(H,32,36)/t17-,18+. The summed E-state index contributed by atoms with van der Waals surface area (Å²) in [5, 5.41) is 3.43. The quantitative estimate of drug-likeness (QED) is 0.356. The van der Waals surface area contributed by atoms with Crippen LogP contribution in [-0.4, -0.2) is 60.6 Å². The van der Waals surface area contributed by atoms with Crippen molar-refractivity contribution in [2.24, 2.45) is 0 Å². The number of carbonyl (C=O) groups excluding carboxylic acids is 1. The molecule has 1 aliphatic heterocycles. The van der Waals surface area contributed by atoms with Gasteiger partial charge in [-0.3, -0.25) is 9.78 Å². The topological polar surface area (TPSA) is 114 Å². The van der Waals surface area contributed by atoms with E-state index in [9.17, 15) is 22.0 Å². The first-order chi connectivity index (χ1) is 19.1. The van der Waals surface area contributed by atoms with Gasteiger partial charge >= 0.3 is 0 Å². The number of pyridine rings is 3. The zero-order chi connectivity index (χ0) is 28.4. The Morgan fingerprint density at radius 1 is 1.05 bits per heavy atom. The molecule has 0 bridgehead atoms. The van der Waals surface area contributed by atoms with Crippen LogP contribution in [0.15, 0.2) is 65.7 Å². The fourth-order valence-electron chi connectivity index (χ4n) is 4.61. The lowest BCUT2D eigenvalue weighted by Crippen LogP contribution is -2.45. The number of hydrogen-bond acceptors (Lipinski definition) is 8. The maximum atomic E-state index is 14.6. The smallest absolute Gasteiger partial charge is 0.251 e. The molecule has 4 heterocycles. The Labute approximate surface area is 230 Å². The van der Waals surface area contributed by atoms with Crippen LogP contribution in [0.25, 0.3) is 22.3 Å². The number of amides is 1. The van der Waals surface area contributed by atoms with Crippen LogP contribution in [0.5, 0.6) is 0 Å². The van der Waals surface area contributed by atoms with Crippen LogP contribution in [0.4, 0.5) is 14.6 Å². The minimum absolute atomic E-state index is 0.00501. The zero-order valence-corrected chi connectivity index (χ0v) is 22.7. The number of morpholine rings is 1. The number of alkyl halides is 1. The number of hydrogen-bond donors (Lipinski definition) is 1. The molecule has 0 saturated carbocycles. The van der Waals surface area contributed by atoms with Crippen molar-refractivity contribution in [2.75, 3.05) is 24.0 Å². The van der Waals surface area contributed by atoms with E-state index in [0.717, 1.165) is 11.5 Å². The third-order valence-corrected chi connectivity index (χ3v) is 7.70. The monoisotopic (exact) mass is 567 g/mol. The van der Waals surface area contributed by atoms with Gasteiger partial charge in [-0.2, -0.15) is 0 Å². The highest BCUT2D eigenvalue weighted by atomic mass is 32.2. The first-order valence-electron chi connectivity index (χ1n) is 12.6. The number of ether oxygens (including phenoxy) is 1. The summed E-state index contributed by atoms with van der Waals surface area (Å²) in [6, 6.07) is 11.6. The van der Waals surface area contributed by atoms with E-state index in [2.05, 4.69) is 20.3 Å². The number of nitrogens with zero attached hydrogens (tertiary/aromatic N) is 4. The molecular weight excluding hydrogens is 540 g/mol. The van der Waals surface area contributed by atoms with Gasteiger partial charge in [-0.15, -0.1) is 0 Å². The maximum absolute atomic E-state index is 14.6. The Morgan fingerprint density at radius 3 is 2.58 bits per heavy atom. The molecule has 1 saturated heterocycles. The molecule has 1 amide bonds. The van der Waals surface area contributed by atoms with Crippen LogP contribution in [0.1, 0.15) is 29.9 Å². The van der Waals surface area contributed by atoms with E-state index in [1.54, 1.807) is 18.3 Å². The van der Waals surface area contributed by atoms with Gasteiger partial charge in [0.2, 0.25) is 9.84 Å². The Hall–Kier alpha value is -4.03. The highest BCUT2D eigenvalue weighted by Crippen LogP contribution is 2.26. The molecule has 0 spiro atoms. The van der Waals surface area contributed by atoms with Crippen molar-refractivity contribution in [2.45, 2.75) is 37.5 Å². The van der Waals surface area contributed by atoms with Crippen LogP contribution in [0, 0.1) is 5.82 Å². The number of rotatable bonds is 7. The minimum atomic E-state index is -4.09. The number of fused-ring (bicyclic) bond motifs is 1. The molecule has 1 aliphatic rings. The van der Waals surface area contributed by atoms with E-state index >= 15 is 0 Å². The molecule has 208 valence electrons. The summed E-state index contributed by atoms with van der Waals surface area (Å²) >= 11 is 0. The van der Waals surface area contributed by atoms with E-state index in [1.165, 1.54) is 30.3 Å². The third kappa shape index (κ3) is 6.07. The number of nitrogens with one attached hydrogen (secondary N) is 1. The van der Waals surface area contributed by atoms with Gasteiger partial charge in [-0.25, -0.2) is 27.2 Å². The van der Waals surface area contributed by atoms with Crippen molar-refractivity contribution in [3.05, 3.63) is 77.9 Å². The van der Waals surface area contributed by atoms with E-state index < -0.39 is 27.6 Å². The second-order valence-electron chi connectivity index (χ2n) is 9.69. The largest absolute Gasteiger partial charge is 0.372 e. The molecule has 0 unspecified atom stereocenters. The molecule has 4 aromatic rings. The lowest BCUT2D eigenvalue weighted by molar-refractivity contribution is -0.00547. The van der Waals surface area contributed by atoms with Crippen molar-refractivity contribution in [1.82, 2.24) is 20.3 Å². The number of halogens is 2. The molecule has 0 radical (unpaired) electrons. The second-order valence-corrected chi connectivity index (χ2v) is 11.6. The summed E-state index contributed by atoms with van der Waals surface area (Å²) in [6.07, 6.45) is 1.60. The van der Waals surface area contributed by atoms with E-state index in [0.29, 0.717) is 41.5 Å². The van der Waals surface area contributed by atoms with Crippen LogP contribution >= 0.6 is 0 Å². The fraction of sp³-hybridized carbons (Fsp3) is 0.286. The van der Waals surface area contributed by atoms with Gasteiger partial charge in [0.1, 0.15) is 11.6 Å². The highest BCUT2D eigenvalue weighted by Gasteiger charge is 2.24. The van der Waals surface area contributed by atoms with Gasteiger partial charge in [0, 0.05) is 42.4 Å². The predicted molar refractivity (Wildman–Crippen MR) is 146 cm³/mol. The number of sulfone groups is 1. The first kappa shape index (κ1) is 27.5. The van der Waals surface area contributed by atoms with Crippen molar-refractivity contribution in [3.8, 4) is 11.4 Å². The summed E-state index contributed by atoms with van der Waals surface area (Å²) in [7, 11) is -4.09. The van der Waals surface area contributed by atoms with Crippen molar-refractivity contribution >= 4 is 32.5 Å². The average molecular weight is 568 g/mol. The molecule has 12 heteroatoms. The molecule has 5 rings (SSSR count). The molecule has 1 fully saturated rings. The Kier molecular flexibility index (Phi) is 7.72. The highest BCUT2D eigenvalue weighted by molar-refractivity contribution is 7.91. The summed E-state index contributed by atoms with van der Waals surface area (Å²) < 4.78 is 56.9. The minimum Gasteiger partial charge on any atom is -0.372 e. The normalized spacial score (nSPS) is 17.6. The lowest BCUT2D eigenvalue weighted by atomic mass is 10.1. The molecular formula is C28H27F2N5O4S. The average Bonchev–Trinajstić information content (AvgIpc) is 2.94. The Bertz CT molecular complexity index is 1670. The van der Waals surface area contributed by atoms with Gasteiger partial charge in [-0.05, 0) is 50.2 Å². The number of anilines is 1. The number of benzene rings is 1. The van der Waals surface area contributed by atoms with Gasteiger partial charge in [0.15, 0.2) is 6.01 Å². The molecule has 0 aliphatic carbocycles. The molecule has 40 heavy (non-hydrogen) atoms. The van der Waals surface area contributed by atoms with Crippen molar-refractivity contribution in [3.63, 3.8) is 0 Å². The maximum Gasteiger partial charge on any atom is 0.251 e. The Balaban J connectivity index is 1.36. The van der Waals surface area contributed by atoms with Crippen LogP contribution in [-0.2, 0) is 21.1 Å². The van der Waals surface area contributed by atoms with Gasteiger partial charge < -0.3 is 15.0 Å². The van der Waals surface area contributed by atoms with E-state index in [1.807, 2.05) is 24.8 Å². The molecule has 9 nitrogen and oxygen atoms in total. The van der Waals surface area contributed by atoms with Crippen molar-refractivity contribution < 1.29 is 26.7 Å². The lowest BCUT2D eigenvalue weighted by Gasteiger charge is -2.36. The van der Waals surface area contributed by atoms with E-state index in [4.69, 9.17) is 4.74 Å². The summed E-state index contributed by atoms with van der Waals surface area (Å²) in [4.78, 5) is 28.1. The second kappa shape index (κ2) is 11.2. The fourth-order valence-corrected chi connectivity index (χ4v) is 5.32. The van der Waals surface area contributed by atoms with Crippen LogP contribution in [0.2, 0.25) is 0 Å². The first-order valence-corrected chi connectivity index (χ1v) is 14.3. The summed E-state index contributed by atoms with van der Waals surface area (Å²) in [5.41, 5.74) is 2.03. The zero-order valence-electron chi connectivity index (χ0n) is 21.8. The van der Waals surface area contributed by atoms with Crippen molar-refractivity contribution in [1.29, 1.82) is 0 Å². The van der Waals surface area contributed by atoms with Gasteiger partial charge in [-0.1, -0.05) is 6.07 Å². The SMILES string of the molecule is C[C@@H]1CN(c2cc(F)cc(-c3ccc4cnc(CNC(=O)c5cccc(S(=O)(=O)CF)c5)cc4n3)n2)C[C@H](C)O1. The molecule has 1 aromatic carbocycles. The summed E-state index contributed by atoms with van der Waals surface area (Å²) in [5.74, 6) is -0.446. The molecule has 1 N–H and O–H groups in total. The molecule has 3 aromatic heterocycles. The number of aromatic nitrogens is 3. The van der Waals surface area contributed by atoms with Crippen LogP contribution in [0.3, 0.4) is 0 Å². The third-order valence-electron chi connectivity index (χ3n) is 6.44. The van der Waals surface area contributed by atoms with E-state index in [-0.39, 0.29) is 29.2 Å². The van der Waals surface area contributed by atoms with Crippen LogP contribution < -0.4 is 10.2 Å². The number of carbonyl (C=O) groups is 1. The Morgan fingerprint density at radius 2 is 1.82 bits per heavy atom. The summed E-state index contributed by atoms with van der Waals surface area (Å²) in [6.45, 7) is 5.17.